The highest BCUT2D eigenvalue weighted by Crippen LogP contribution is 2.29. The van der Waals surface area contributed by atoms with Gasteiger partial charge in [-0.05, 0) is 31.4 Å². The lowest BCUT2D eigenvalue weighted by Gasteiger charge is -2.24. The van der Waals surface area contributed by atoms with Gasteiger partial charge in [0.25, 0.3) is 0 Å². The summed E-state index contributed by atoms with van der Waals surface area (Å²) in [6, 6.07) is 10.1. The third kappa shape index (κ3) is 4.61. The van der Waals surface area contributed by atoms with E-state index in [-0.39, 0.29) is 11.8 Å². The average Bonchev–Trinajstić information content (AvgIpc) is 3.08. The summed E-state index contributed by atoms with van der Waals surface area (Å²) in [5.74, 6) is 2.35. The van der Waals surface area contributed by atoms with Crippen LogP contribution in [0.1, 0.15) is 64.6 Å². The molecule has 2 aromatic heterocycles. The molecular weight excluding hydrogens is 400 g/mol. The number of nitrogens with zero attached hydrogens (tertiary/aromatic N) is 6. The van der Waals surface area contributed by atoms with E-state index in [1.807, 2.05) is 46.1 Å². The minimum atomic E-state index is 0.260. The summed E-state index contributed by atoms with van der Waals surface area (Å²) in [5.41, 5.74) is 1.84. The van der Waals surface area contributed by atoms with Crippen molar-refractivity contribution in [2.75, 3.05) is 31.1 Å². The van der Waals surface area contributed by atoms with Gasteiger partial charge in [-0.1, -0.05) is 45.4 Å². The molecule has 1 atom stereocenters. The molecule has 170 valence electrons. The molecule has 1 aromatic carbocycles. The number of anilines is 1. The second-order valence-electron chi connectivity index (χ2n) is 8.70. The lowest BCUT2D eigenvalue weighted by molar-refractivity contribution is -0.131. The van der Waals surface area contributed by atoms with Gasteiger partial charge < -0.3 is 9.80 Å². The highest BCUT2D eigenvalue weighted by atomic mass is 16.2. The van der Waals surface area contributed by atoms with Crippen molar-refractivity contribution in [1.29, 1.82) is 0 Å². The van der Waals surface area contributed by atoms with Gasteiger partial charge in [0.1, 0.15) is 11.6 Å². The minimum absolute atomic E-state index is 0.260. The van der Waals surface area contributed by atoms with E-state index < -0.39 is 0 Å². The lowest BCUT2D eigenvalue weighted by Crippen LogP contribution is -2.35. The molecule has 0 aliphatic carbocycles. The van der Waals surface area contributed by atoms with Crippen molar-refractivity contribution in [3.05, 3.63) is 42.4 Å². The Morgan fingerprint density at radius 3 is 2.59 bits per heavy atom. The van der Waals surface area contributed by atoms with E-state index >= 15 is 0 Å². The van der Waals surface area contributed by atoms with Gasteiger partial charge >= 0.3 is 0 Å². The molecule has 0 N–H and O–H groups in total. The predicted molar refractivity (Wildman–Crippen MR) is 128 cm³/mol. The molecule has 7 heteroatoms. The zero-order chi connectivity index (χ0) is 22.5. The Morgan fingerprint density at radius 1 is 1.03 bits per heavy atom. The van der Waals surface area contributed by atoms with Crippen LogP contribution in [0.4, 0.5) is 5.82 Å². The molecule has 1 amide bonds. The van der Waals surface area contributed by atoms with Crippen LogP contribution in [0.15, 0.2) is 36.5 Å². The van der Waals surface area contributed by atoms with Gasteiger partial charge in [0.05, 0.1) is 17.3 Å². The molecule has 32 heavy (non-hydrogen) atoms. The number of hydrogen-bond donors (Lipinski definition) is 0. The van der Waals surface area contributed by atoms with Gasteiger partial charge in [-0.15, -0.1) is 0 Å². The Morgan fingerprint density at radius 2 is 1.84 bits per heavy atom. The first-order chi connectivity index (χ1) is 15.6. The smallest absolute Gasteiger partial charge is 0.222 e. The largest absolute Gasteiger partial charge is 0.354 e. The molecule has 0 saturated carbocycles. The Labute approximate surface area is 190 Å². The third-order valence-electron chi connectivity index (χ3n) is 6.20. The summed E-state index contributed by atoms with van der Waals surface area (Å²) in [7, 11) is 0. The van der Waals surface area contributed by atoms with E-state index in [0.29, 0.717) is 6.42 Å². The maximum absolute atomic E-state index is 12.5. The van der Waals surface area contributed by atoms with E-state index in [1.54, 1.807) is 0 Å². The van der Waals surface area contributed by atoms with E-state index in [4.69, 9.17) is 9.97 Å². The molecule has 1 aliphatic rings. The van der Waals surface area contributed by atoms with Crippen LogP contribution in [-0.2, 0) is 4.79 Å². The fraction of sp³-hybridized carbons (Fsp3) is 0.520. The van der Waals surface area contributed by atoms with Crippen molar-refractivity contribution in [2.45, 2.75) is 58.8 Å². The van der Waals surface area contributed by atoms with Gasteiger partial charge in [-0.25, -0.2) is 14.6 Å². The summed E-state index contributed by atoms with van der Waals surface area (Å²) in [6.07, 6.45) is 6.48. The molecule has 7 nitrogen and oxygen atoms in total. The number of fused-ring (bicyclic) bond motifs is 1. The van der Waals surface area contributed by atoms with Gasteiger partial charge in [0, 0.05) is 38.5 Å². The maximum atomic E-state index is 12.5. The maximum Gasteiger partial charge on any atom is 0.222 e. The Balaban J connectivity index is 1.73. The van der Waals surface area contributed by atoms with Crippen molar-refractivity contribution in [1.82, 2.24) is 24.6 Å². The number of benzene rings is 1. The summed E-state index contributed by atoms with van der Waals surface area (Å²) >= 11 is 0. The van der Waals surface area contributed by atoms with E-state index in [0.717, 1.165) is 80.2 Å². The summed E-state index contributed by atoms with van der Waals surface area (Å²) in [4.78, 5) is 26.8. The first-order valence-electron chi connectivity index (χ1n) is 12.0. The number of carbonyl (C=O) groups is 1. The minimum Gasteiger partial charge on any atom is -0.354 e. The Bertz CT molecular complexity index is 1050. The van der Waals surface area contributed by atoms with E-state index in [9.17, 15) is 4.79 Å². The van der Waals surface area contributed by atoms with Gasteiger partial charge in [0.15, 0.2) is 5.65 Å². The van der Waals surface area contributed by atoms with Crippen molar-refractivity contribution in [2.24, 2.45) is 0 Å². The van der Waals surface area contributed by atoms with Crippen LogP contribution in [0.2, 0.25) is 0 Å². The molecule has 0 spiro atoms. The van der Waals surface area contributed by atoms with E-state index in [1.165, 1.54) is 0 Å². The molecule has 3 aromatic rings. The van der Waals surface area contributed by atoms with Crippen molar-refractivity contribution < 1.29 is 4.79 Å². The normalized spacial score (nSPS) is 15.7. The second-order valence-corrected chi connectivity index (χ2v) is 8.70. The average molecular weight is 435 g/mol. The monoisotopic (exact) mass is 434 g/mol. The molecule has 3 heterocycles. The van der Waals surface area contributed by atoms with Gasteiger partial charge in [-0.2, -0.15) is 5.10 Å². The number of amides is 1. The van der Waals surface area contributed by atoms with Gasteiger partial charge in [-0.3, -0.25) is 4.79 Å². The summed E-state index contributed by atoms with van der Waals surface area (Å²) in [5, 5.41) is 5.65. The number of para-hydroxylation sites is 1. The zero-order valence-electron chi connectivity index (χ0n) is 19.5. The predicted octanol–water partition coefficient (Wildman–Crippen LogP) is 4.56. The van der Waals surface area contributed by atoms with Crippen molar-refractivity contribution >= 4 is 22.8 Å². The topological polar surface area (TPSA) is 67.2 Å². The molecular formula is C25H34N6O. The number of rotatable bonds is 7. The molecule has 4 rings (SSSR count). The number of hydrogen-bond acceptors (Lipinski definition) is 5. The van der Waals surface area contributed by atoms with Crippen LogP contribution < -0.4 is 4.90 Å². The van der Waals surface area contributed by atoms with Crippen LogP contribution in [0, 0.1) is 0 Å². The molecule has 1 fully saturated rings. The van der Waals surface area contributed by atoms with Crippen molar-refractivity contribution in [3.8, 4) is 5.69 Å². The molecule has 1 aliphatic heterocycles. The zero-order valence-corrected chi connectivity index (χ0v) is 19.5. The van der Waals surface area contributed by atoms with Crippen molar-refractivity contribution in [3.63, 3.8) is 0 Å². The number of aromatic nitrogens is 4. The van der Waals surface area contributed by atoms with Crippen LogP contribution in [-0.4, -0.2) is 56.7 Å². The highest BCUT2D eigenvalue weighted by Gasteiger charge is 2.24. The van der Waals surface area contributed by atoms with Crippen LogP contribution in [0.25, 0.3) is 16.7 Å². The van der Waals surface area contributed by atoms with Crippen LogP contribution in [0.5, 0.6) is 0 Å². The fourth-order valence-electron chi connectivity index (χ4n) is 4.44. The van der Waals surface area contributed by atoms with Gasteiger partial charge in [0.2, 0.25) is 5.91 Å². The Hall–Kier alpha value is -2.96. The van der Waals surface area contributed by atoms with Crippen LogP contribution >= 0.6 is 0 Å². The molecule has 1 saturated heterocycles. The molecule has 0 radical (unpaired) electrons. The third-order valence-corrected chi connectivity index (χ3v) is 6.20. The quantitative estimate of drug-likeness (QED) is 0.545. The van der Waals surface area contributed by atoms with Crippen LogP contribution in [0.3, 0.4) is 0 Å². The fourth-order valence-corrected chi connectivity index (χ4v) is 4.44. The summed E-state index contributed by atoms with van der Waals surface area (Å²) in [6.45, 7) is 9.65. The second kappa shape index (κ2) is 10.1. The Kier molecular flexibility index (Phi) is 7.02. The number of carbonyl (C=O) groups excluding carboxylic acids is 1. The SMILES string of the molecule is CCCC(=O)N1CCCN(c2nc(C(C)CCC)nc3c2cnn3-c2ccccc2)CC1. The molecule has 0 bridgehead atoms. The molecule has 1 unspecified atom stereocenters. The summed E-state index contributed by atoms with van der Waals surface area (Å²) < 4.78 is 1.91. The van der Waals surface area contributed by atoms with E-state index in [2.05, 4.69) is 30.8 Å². The highest BCUT2D eigenvalue weighted by molar-refractivity contribution is 5.88. The standard InChI is InChI=1S/C25H34N6O/c1-4-10-19(3)23-27-24(30-15-9-14-29(16-17-30)22(32)11-5-2)21-18-26-31(25(21)28-23)20-12-7-6-8-13-20/h6-8,12-13,18-19H,4-5,9-11,14-17H2,1-3H3. The first-order valence-corrected chi connectivity index (χ1v) is 12.0. The lowest BCUT2D eigenvalue weighted by atomic mass is 10.1. The first kappa shape index (κ1) is 22.2.